The van der Waals surface area contributed by atoms with Crippen LogP contribution in [0.25, 0.3) is 20.7 Å². The van der Waals surface area contributed by atoms with Gasteiger partial charge in [-0.3, -0.25) is 19.5 Å². The molecule has 3 heterocycles. The third kappa shape index (κ3) is 3.84. The fourth-order valence-corrected chi connectivity index (χ4v) is 4.34. The number of methoxy groups -OCH3 is 1. The summed E-state index contributed by atoms with van der Waals surface area (Å²) in [5.41, 5.74) is 0.772. The number of anilines is 1. The van der Waals surface area contributed by atoms with E-state index in [4.69, 9.17) is 4.74 Å². The first-order chi connectivity index (χ1) is 13.6. The molecule has 4 rings (SSSR count). The van der Waals surface area contributed by atoms with Gasteiger partial charge in [-0.2, -0.15) is 0 Å². The van der Waals surface area contributed by atoms with Crippen LogP contribution in [0.3, 0.4) is 0 Å². The number of ether oxygens (including phenoxy) is 1. The number of hydrogen-bond acceptors (Lipinski definition) is 8. The number of carbonyl (C=O) groups excluding carboxylic acids is 1. The lowest BCUT2D eigenvalue weighted by atomic mass is 10.2. The van der Waals surface area contributed by atoms with Crippen LogP contribution in [0, 0.1) is 0 Å². The number of nitrogens with one attached hydrogen (secondary N) is 1. The minimum atomic E-state index is -0.373. The molecule has 8 nitrogen and oxygen atoms in total. The highest BCUT2D eigenvalue weighted by atomic mass is 32.1. The summed E-state index contributed by atoms with van der Waals surface area (Å²) in [6.45, 7) is 0.174. The van der Waals surface area contributed by atoms with E-state index in [1.54, 1.807) is 7.11 Å². The maximum atomic E-state index is 12.8. The first-order valence-corrected chi connectivity index (χ1v) is 9.93. The Morgan fingerprint density at radius 1 is 1.21 bits per heavy atom. The van der Waals surface area contributed by atoms with Crippen molar-refractivity contribution in [2.75, 3.05) is 12.4 Å². The molecule has 1 amide bonds. The largest absolute Gasteiger partial charge is 0.377 e. The molecule has 0 saturated heterocycles. The van der Waals surface area contributed by atoms with Gasteiger partial charge in [0.1, 0.15) is 23.0 Å². The maximum Gasteiger partial charge on any atom is 0.262 e. The number of nitrogens with zero attached hydrogens (tertiary/aromatic N) is 4. The molecule has 0 radical (unpaired) electrons. The molecule has 142 valence electrons. The highest BCUT2D eigenvalue weighted by Gasteiger charge is 2.13. The topological polar surface area (TPSA) is 99.0 Å². The van der Waals surface area contributed by atoms with Crippen LogP contribution in [-0.4, -0.2) is 32.8 Å². The molecule has 0 aliphatic carbocycles. The molecule has 10 heteroatoms. The van der Waals surface area contributed by atoms with E-state index in [-0.39, 0.29) is 18.0 Å². The molecule has 0 fully saturated rings. The fraction of sp³-hybridized carbons (Fsp3) is 0.167. The van der Waals surface area contributed by atoms with Gasteiger partial charge in [0.05, 0.1) is 11.7 Å². The van der Waals surface area contributed by atoms with Crippen molar-refractivity contribution in [3.8, 4) is 10.4 Å². The Kier molecular flexibility index (Phi) is 5.24. The first kappa shape index (κ1) is 18.4. The van der Waals surface area contributed by atoms with E-state index in [0.29, 0.717) is 27.0 Å². The van der Waals surface area contributed by atoms with Crippen LogP contribution in [0.5, 0.6) is 0 Å². The maximum absolute atomic E-state index is 12.8. The van der Waals surface area contributed by atoms with Crippen molar-refractivity contribution in [3.05, 3.63) is 58.1 Å². The number of benzene rings is 1. The Labute approximate surface area is 167 Å². The summed E-state index contributed by atoms with van der Waals surface area (Å²) in [6, 6.07) is 11.6. The predicted molar refractivity (Wildman–Crippen MR) is 109 cm³/mol. The standard InChI is InChI=1S/C18H15N5O3S2/c1-26-9-15-21-22-18(28-15)20-14(24)8-23-10-19-16-12(17(23)25)7-13(27-16)11-5-3-2-4-6-11/h2-7,10H,8-9H2,1H3,(H,20,22,24). The molecule has 0 spiro atoms. The summed E-state index contributed by atoms with van der Waals surface area (Å²) >= 11 is 2.67. The van der Waals surface area contributed by atoms with Gasteiger partial charge in [0.15, 0.2) is 0 Å². The minimum absolute atomic E-state index is 0.155. The second kappa shape index (κ2) is 7.97. The summed E-state index contributed by atoms with van der Waals surface area (Å²) < 4.78 is 6.26. The van der Waals surface area contributed by atoms with Crippen LogP contribution in [0.1, 0.15) is 5.01 Å². The van der Waals surface area contributed by atoms with Crippen LogP contribution < -0.4 is 10.9 Å². The van der Waals surface area contributed by atoms with Gasteiger partial charge < -0.3 is 4.74 Å². The molecule has 3 aromatic heterocycles. The van der Waals surface area contributed by atoms with Gasteiger partial charge in [-0.05, 0) is 11.6 Å². The summed E-state index contributed by atoms with van der Waals surface area (Å²) in [5.74, 6) is -0.373. The summed E-state index contributed by atoms with van der Waals surface area (Å²) in [7, 11) is 1.56. The molecular weight excluding hydrogens is 398 g/mol. The number of aromatic nitrogens is 4. The van der Waals surface area contributed by atoms with E-state index >= 15 is 0 Å². The Bertz CT molecular complexity index is 1180. The van der Waals surface area contributed by atoms with Crippen molar-refractivity contribution in [2.45, 2.75) is 13.2 Å². The third-order valence-corrected chi connectivity index (χ3v) is 5.78. The fourth-order valence-electron chi connectivity index (χ4n) is 2.62. The Balaban J connectivity index is 1.54. The van der Waals surface area contributed by atoms with E-state index in [1.165, 1.54) is 33.6 Å². The van der Waals surface area contributed by atoms with Crippen molar-refractivity contribution in [2.24, 2.45) is 0 Å². The number of rotatable bonds is 6. The monoisotopic (exact) mass is 413 g/mol. The van der Waals surface area contributed by atoms with E-state index < -0.39 is 0 Å². The number of carbonyl (C=O) groups is 1. The van der Waals surface area contributed by atoms with Gasteiger partial charge in [-0.15, -0.1) is 21.5 Å². The molecule has 0 atom stereocenters. The van der Waals surface area contributed by atoms with Crippen molar-refractivity contribution >= 4 is 43.9 Å². The van der Waals surface area contributed by atoms with Crippen LogP contribution in [-0.2, 0) is 22.7 Å². The molecule has 0 saturated carbocycles. The zero-order valence-electron chi connectivity index (χ0n) is 14.8. The first-order valence-electron chi connectivity index (χ1n) is 8.29. The van der Waals surface area contributed by atoms with Gasteiger partial charge in [0, 0.05) is 12.0 Å². The van der Waals surface area contributed by atoms with Crippen LogP contribution in [0.15, 0.2) is 47.5 Å². The second-order valence-electron chi connectivity index (χ2n) is 5.86. The van der Waals surface area contributed by atoms with Gasteiger partial charge in [-0.25, -0.2) is 4.98 Å². The molecule has 0 aliphatic rings. The van der Waals surface area contributed by atoms with E-state index in [1.807, 2.05) is 36.4 Å². The molecule has 4 aromatic rings. The van der Waals surface area contributed by atoms with Crippen molar-refractivity contribution < 1.29 is 9.53 Å². The Hall–Kier alpha value is -2.95. The molecule has 0 bridgehead atoms. The third-order valence-electron chi connectivity index (χ3n) is 3.87. The van der Waals surface area contributed by atoms with Gasteiger partial charge in [0.25, 0.3) is 5.56 Å². The second-order valence-corrected chi connectivity index (χ2v) is 7.95. The molecule has 28 heavy (non-hydrogen) atoms. The average molecular weight is 413 g/mol. The number of hydrogen-bond donors (Lipinski definition) is 1. The lowest BCUT2D eigenvalue weighted by Crippen LogP contribution is -2.27. The summed E-state index contributed by atoms with van der Waals surface area (Å²) in [6.07, 6.45) is 1.39. The van der Waals surface area contributed by atoms with E-state index in [0.717, 1.165) is 10.4 Å². The number of fused-ring (bicyclic) bond motifs is 1. The van der Waals surface area contributed by atoms with Gasteiger partial charge >= 0.3 is 0 Å². The molecular formula is C18H15N5O3S2. The number of amides is 1. The zero-order valence-corrected chi connectivity index (χ0v) is 16.4. The SMILES string of the molecule is COCc1nnc(NC(=O)Cn2cnc3sc(-c4ccccc4)cc3c2=O)s1. The van der Waals surface area contributed by atoms with E-state index in [9.17, 15) is 9.59 Å². The van der Waals surface area contributed by atoms with Crippen LogP contribution in [0.2, 0.25) is 0 Å². The normalized spacial score (nSPS) is 11.0. The van der Waals surface area contributed by atoms with Crippen molar-refractivity contribution in [1.82, 2.24) is 19.7 Å². The van der Waals surface area contributed by atoms with Gasteiger partial charge in [0.2, 0.25) is 11.0 Å². The predicted octanol–water partition coefficient (Wildman–Crippen LogP) is 2.76. The van der Waals surface area contributed by atoms with Crippen LogP contribution >= 0.6 is 22.7 Å². The summed E-state index contributed by atoms with van der Waals surface area (Å²) in [5, 5.41) is 11.9. The highest BCUT2D eigenvalue weighted by molar-refractivity contribution is 7.21. The molecule has 0 aliphatic heterocycles. The number of thiophene rings is 1. The Morgan fingerprint density at radius 2 is 2.04 bits per heavy atom. The quantitative estimate of drug-likeness (QED) is 0.522. The molecule has 1 N–H and O–H groups in total. The Morgan fingerprint density at radius 3 is 2.82 bits per heavy atom. The average Bonchev–Trinajstić information content (AvgIpc) is 3.32. The zero-order chi connectivity index (χ0) is 19.5. The smallest absolute Gasteiger partial charge is 0.262 e. The highest BCUT2D eigenvalue weighted by Crippen LogP contribution is 2.30. The van der Waals surface area contributed by atoms with Crippen molar-refractivity contribution in [3.63, 3.8) is 0 Å². The molecule has 0 unspecified atom stereocenters. The lowest BCUT2D eigenvalue weighted by Gasteiger charge is -2.04. The molecule has 1 aromatic carbocycles. The van der Waals surface area contributed by atoms with Crippen LogP contribution in [0.4, 0.5) is 5.13 Å². The van der Waals surface area contributed by atoms with E-state index in [2.05, 4.69) is 20.5 Å². The van der Waals surface area contributed by atoms with Gasteiger partial charge in [-0.1, -0.05) is 41.7 Å². The lowest BCUT2D eigenvalue weighted by molar-refractivity contribution is -0.116. The summed E-state index contributed by atoms with van der Waals surface area (Å²) in [4.78, 5) is 31.0. The van der Waals surface area contributed by atoms with Crippen molar-refractivity contribution in [1.29, 1.82) is 0 Å². The minimum Gasteiger partial charge on any atom is -0.377 e.